The summed E-state index contributed by atoms with van der Waals surface area (Å²) in [6.45, 7) is 3.97. The molecule has 2 aromatic carbocycles. The topological polar surface area (TPSA) is 61.0 Å². The highest BCUT2D eigenvalue weighted by Gasteiger charge is 2.11. The molecule has 0 spiro atoms. The molecule has 0 radical (unpaired) electrons. The molecule has 0 amide bonds. The first kappa shape index (κ1) is 14.0. The van der Waals surface area contributed by atoms with Gasteiger partial charge in [-0.1, -0.05) is 29.8 Å². The summed E-state index contributed by atoms with van der Waals surface area (Å²) in [7, 11) is 0. The van der Waals surface area contributed by atoms with Gasteiger partial charge in [-0.05, 0) is 32.0 Å². The monoisotopic (exact) mass is 293 g/mol. The highest BCUT2D eigenvalue weighted by atomic mass is 16.6. The molecule has 1 aromatic heterocycles. The molecular weight excluding hydrogens is 278 g/mol. The van der Waals surface area contributed by atoms with Crippen molar-refractivity contribution in [1.82, 2.24) is 9.78 Å². The lowest BCUT2D eigenvalue weighted by Crippen LogP contribution is -1.99. The SMILES string of the molecule is Cc1ccc(-c2cc(C)nn2-c2ccc([N+](=O)[O-])cc2)cc1. The van der Waals surface area contributed by atoms with Crippen molar-refractivity contribution >= 4 is 5.69 Å². The number of aromatic nitrogens is 2. The fourth-order valence-electron chi connectivity index (χ4n) is 2.34. The van der Waals surface area contributed by atoms with Crippen LogP contribution in [0.3, 0.4) is 0 Å². The first-order valence-electron chi connectivity index (χ1n) is 6.93. The number of non-ortho nitro benzene ring substituents is 1. The summed E-state index contributed by atoms with van der Waals surface area (Å²) in [5.74, 6) is 0. The summed E-state index contributed by atoms with van der Waals surface area (Å²) < 4.78 is 1.81. The van der Waals surface area contributed by atoms with Crippen LogP contribution in [-0.2, 0) is 0 Å². The molecule has 0 aliphatic heterocycles. The van der Waals surface area contributed by atoms with E-state index in [2.05, 4.69) is 17.2 Å². The number of rotatable bonds is 3. The molecule has 0 aliphatic carbocycles. The predicted octanol–water partition coefficient (Wildman–Crippen LogP) is 4.06. The standard InChI is InChI=1S/C17H15N3O2/c1-12-3-5-14(6-4-12)17-11-13(2)18-19(17)15-7-9-16(10-8-15)20(21)22/h3-11H,1-2H3. The average molecular weight is 293 g/mol. The Morgan fingerprint density at radius 1 is 1.00 bits per heavy atom. The van der Waals surface area contributed by atoms with Crippen molar-refractivity contribution in [2.45, 2.75) is 13.8 Å². The minimum absolute atomic E-state index is 0.0736. The number of benzene rings is 2. The summed E-state index contributed by atoms with van der Waals surface area (Å²) in [6, 6.07) is 16.6. The third kappa shape index (κ3) is 2.61. The van der Waals surface area contributed by atoms with E-state index < -0.39 is 4.92 Å². The highest BCUT2D eigenvalue weighted by Crippen LogP contribution is 2.25. The Balaban J connectivity index is 2.07. The Morgan fingerprint density at radius 2 is 1.64 bits per heavy atom. The first-order valence-corrected chi connectivity index (χ1v) is 6.93. The number of hydrogen-bond acceptors (Lipinski definition) is 3. The van der Waals surface area contributed by atoms with E-state index in [1.54, 1.807) is 12.1 Å². The van der Waals surface area contributed by atoms with Crippen LogP contribution in [0.1, 0.15) is 11.3 Å². The summed E-state index contributed by atoms with van der Waals surface area (Å²) >= 11 is 0. The van der Waals surface area contributed by atoms with E-state index in [1.807, 2.05) is 36.7 Å². The van der Waals surface area contributed by atoms with Gasteiger partial charge in [0.1, 0.15) is 0 Å². The molecule has 110 valence electrons. The maximum Gasteiger partial charge on any atom is 0.269 e. The summed E-state index contributed by atoms with van der Waals surface area (Å²) in [5, 5.41) is 15.3. The molecule has 0 unspecified atom stereocenters. The van der Waals surface area contributed by atoms with Gasteiger partial charge in [0, 0.05) is 17.7 Å². The number of aryl methyl sites for hydroxylation is 2. The summed E-state index contributed by atoms with van der Waals surface area (Å²) in [4.78, 5) is 10.4. The lowest BCUT2D eigenvalue weighted by atomic mass is 10.1. The lowest BCUT2D eigenvalue weighted by Gasteiger charge is -2.08. The molecule has 0 aliphatic rings. The smallest absolute Gasteiger partial charge is 0.258 e. The van der Waals surface area contributed by atoms with Crippen molar-refractivity contribution in [1.29, 1.82) is 0 Å². The van der Waals surface area contributed by atoms with Gasteiger partial charge < -0.3 is 0 Å². The van der Waals surface area contributed by atoms with Gasteiger partial charge in [0.2, 0.25) is 0 Å². The molecule has 0 atom stereocenters. The molecule has 0 saturated heterocycles. The molecule has 1 heterocycles. The van der Waals surface area contributed by atoms with Gasteiger partial charge in [0.25, 0.3) is 5.69 Å². The molecule has 22 heavy (non-hydrogen) atoms. The Bertz CT molecular complexity index is 818. The van der Waals surface area contributed by atoms with Crippen LogP contribution >= 0.6 is 0 Å². The zero-order chi connectivity index (χ0) is 15.7. The van der Waals surface area contributed by atoms with E-state index in [0.717, 1.165) is 22.6 Å². The van der Waals surface area contributed by atoms with Crippen LogP contribution in [0.2, 0.25) is 0 Å². The van der Waals surface area contributed by atoms with Crippen molar-refractivity contribution in [3.05, 3.63) is 76.0 Å². The first-order chi connectivity index (χ1) is 10.5. The van der Waals surface area contributed by atoms with Crippen molar-refractivity contribution in [2.75, 3.05) is 0 Å². The molecule has 3 aromatic rings. The Hall–Kier alpha value is -2.95. The summed E-state index contributed by atoms with van der Waals surface area (Å²) in [6.07, 6.45) is 0. The van der Waals surface area contributed by atoms with Crippen LogP contribution in [-0.4, -0.2) is 14.7 Å². The van der Waals surface area contributed by atoms with E-state index in [1.165, 1.54) is 17.7 Å². The second kappa shape index (κ2) is 5.44. The quantitative estimate of drug-likeness (QED) is 0.540. The van der Waals surface area contributed by atoms with Crippen molar-refractivity contribution in [2.24, 2.45) is 0 Å². The van der Waals surface area contributed by atoms with Gasteiger partial charge in [-0.2, -0.15) is 5.10 Å². The van der Waals surface area contributed by atoms with Gasteiger partial charge in [-0.15, -0.1) is 0 Å². The number of nitro groups is 1. The lowest BCUT2D eigenvalue weighted by molar-refractivity contribution is -0.384. The molecular formula is C17H15N3O2. The predicted molar refractivity (Wildman–Crippen MR) is 85.1 cm³/mol. The normalized spacial score (nSPS) is 10.6. The maximum absolute atomic E-state index is 10.8. The van der Waals surface area contributed by atoms with Gasteiger partial charge >= 0.3 is 0 Å². The van der Waals surface area contributed by atoms with Gasteiger partial charge in [-0.25, -0.2) is 4.68 Å². The molecule has 3 rings (SSSR count). The molecule has 5 nitrogen and oxygen atoms in total. The Morgan fingerprint density at radius 3 is 2.23 bits per heavy atom. The molecule has 5 heteroatoms. The largest absolute Gasteiger partial charge is 0.269 e. The van der Waals surface area contributed by atoms with E-state index >= 15 is 0 Å². The molecule has 0 bridgehead atoms. The van der Waals surface area contributed by atoms with E-state index in [9.17, 15) is 10.1 Å². The summed E-state index contributed by atoms with van der Waals surface area (Å²) in [5.41, 5.74) is 4.99. The molecule has 0 fully saturated rings. The van der Waals surface area contributed by atoms with Crippen LogP contribution in [0.15, 0.2) is 54.6 Å². The van der Waals surface area contributed by atoms with E-state index in [-0.39, 0.29) is 5.69 Å². The molecule has 0 saturated carbocycles. The second-order valence-corrected chi connectivity index (χ2v) is 5.22. The second-order valence-electron chi connectivity index (χ2n) is 5.22. The van der Waals surface area contributed by atoms with Crippen molar-refractivity contribution < 1.29 is 4.92 Å². The zero-order valence-electron chi connectivity index (χ0n) is 12.4. The number of hydrogen-bond donors (Lipinski definition) is 0. The van der Waals surface area contributed by atoms with E-state index in [4.69, 9.17) is 0 Å². The Labute approximate surface area is 128 Å². The van der Waals surface area contributed by atoms with Crippen LogP contribution in [0.5, 0.6) is 0 Å². The average Bonchev–Trinajstić information content (AvgIpc) is 2.90. The number of nitrogens with zero attached hydrogens (tertiary/aromatic N) is 3. The third-order valence-electron chi connectivity index (χ3n) is 3.48. The fourth-order valence-corrected chi connectivity index (χ4v) is 2.34. The fraction of sp³-hybridized carbons (Fsp3) is 0.118. The minimum Gasteiger partial charge on any atom is -0.258 e. The van der Waals surface area contributed by atoms with Crippen LogP contribution < -0.4 is 0 Å². The third-order valence-corrected chi connectivity index (χ3v) is 3.48. The zero-order valence-corrected chi connectivity index (χ0v) is 12.4. The van der Waals surface area contributed by atoms with Gasteiger partial charge in [-0.3, -0.25) is 10.1 Å². The Kier molecular flexibility index (Phi) is 3.47. The highest BCUT2D eigenvalue weighted by molar-refractivity contribution is 5.63. The van der Waals surface area contributed by atoms with Crippen molar-refractivity contribution in [3.63, 3.8) is 0 Å². The van der Waals surface area contributed by atoms with Crippen LogP contribution in [0.4, 0.5) is 5.69 Å². The van der Waals surface area contributed by atoms with Crippen molar-refractivity contribution in [3.8, 4) is 16.9 Å². The van der Waals surface area contributed by atoms with Gasteiger partial charge in [0.15, 0.2) is 0 Å². The van der Waals surface area contributed by atoms with Gasteiger partial charge in [0.05, 0.1) is 22.0 Å². The maximum atomic E-state index is 10.8. The number of nitro benzene ring substituents is 1. The van der Waals surface area contributed by atoms with Crippen LogP contribution in [0.25, 0.3) is 16.9 Å². The van der Waals surface area contributed by atoms with Crippen LogP contribution in [0, 0.1) is 24.0 Å². The molecule has 0 N–H and O–H groups in total. The minimum atomic E-state index is -0.404. The van der Waals surface area contributed by atoms with E-state index in [0.29, 0.717) is 0 Å².